The van der Waals surface area contributed by atoms with Crippen molar-refractivity contribution in [3.05, 3.63) is 34.4 Å². The summed E-state index contributed by atoms with van der Waals surface area (Å²) in [6.07, 6.45) is 1.58. The van der Waals surface area contributed by atoms with Crippen LogP contribution < -0.4 is 15.8 Å². The Morgan fingerprint density at radius 1 is 1.56 bits per heavy atom. The molecule has 2 heterocycles. The Morgan fingerprint density at radius 2 is 2.39 bits per heavy atom. The molecule has 0 spiro atoms. The van der Waals surface area contributed by atoms with Crippen LogP contribution in [-0.4, -0.2) is 23.0 Å². The lowest BCUT2D eigenvalue weighted by Gasteiger charge is -2.08. The number of anilines is 1. The number of ether oxygens (including phenoxy) is 1. The van der Waals surface area contributed by atoms with Crippen molar-refractivity contribution < 1.29 is 9.53 Å². The molecule has 3 N–H and O–H groups in total. The molecule has 0 radical (unpaired) electrons. The second-order valence-electron chi connectivity index (χ2n) is 3.48. The molecule has 0 unspecified atom stereocenters. The number of nitrogens with two attached hydrogens (primary N) is 1. The van der Waals surface area contributed by atoms with E-state index in [0.29, 0.717) is 12.2 Å². The van der Waals surface area contributed by atoms with Gasteiger partial charge in [-0.2, -0.15) is 0 Å². The molecule has 2 aromatic rings. The van der Waals surface area contributed by atoms with E-state index in [0.717, 1.165) is 5.69 Å². The number of nitrogens with zero attached hydrogens (tertiary/aromatic N) is 2. The van der Waals surface area contributed by atoms with Crippen molar-refractivity contribution in [2.24, 2.45) is 5.73 Å². The maximum atomic E-state index is 11.2. The molecule has 1 amide bonds. The van der Waals surface area contributed by atoms with Gasteiger partial charge in [0.25, 0.3) is 5.91 Å². The molecule has 0 saturated carbocycles. The lowest BCUT2D eigenvalue weighted by Crippen LogP contribution is -2.14. The van der Waals surface area contributed by atoms with E-state index < -0.39 is 5.91 Å². The van der Waals surface area contributed by atoms with Gasteiger partial charge in [0.05, 0.1) is 36.7 Å². The van der Waals surface area contributed by atoms with Crippen molar-refractivity contribution in [2.45, 2.75) is 6.54 Å². The number of aromatic nitrogens is 2. The summed E-state index contributed by atoms with van der Waals surface area (Å²) in [5, 5.41) is 5.06. The van der Waals surface area contributed by atoms with Crippen LogP contribution in [0.2, 0.25) is 0 Å². The molecule has 2 aromatic heterocycles. The molecule has 0 atom stereocenters. The van der Waals surface area contributed by atoms with E-state index in [1.54, 1.807) is 17.8 Å². The van der Waals surface area contributed by atoms with E-state index in [1.807, 2.05) is 5.38 Å². The number of hydrogen-bond acceptors (Lipinski definition) is 6. The van der Waals surface area contributed by atoms with Gasteiger partial charge in [-0.15, -0.1) is 11.3 Å². The van der Waals surface area contributed by atoms with Gasteiger partial charge in [0.1, 0.15) is 5.56 Å². The van der Waals surface area contributed by atoms with Crippen LogP contribution in [0, 0.1) is 0 Å². The highest BCUT2D eigenvalue weighted by atomic mass is 32.1. The number of carbonyl (C=O) groups excluding carboxylic acids is 1. The number of thiazole rings is 1. The zero-order valence-corrected chi connectivity index (χ0v) is 10.5. The lowest BCUT2D eigenvalue weighted by atomic mass is 10.2. The second-order valence-corrected chi connectivity index (χ2v) is 4.20. The number of carbonyl (C=O) groups is 1. The summed E-state index contributed by atoms with van der Waals surface area (Å²) < 4.78 is 4.96. The first-order valence-electron chi connectivity index (χ1n) is 5.15. The van der Waals surface area contributed by atoms with Crippen LogP contribution in [0.3, 0.4) is 0 Å². The number of hydrogen-bond donors (Lipinski definition) is 2. The normalized spacial score (nSPS) is 10.1. The summed E-state index contributed by atoms with van der Waals surface area (Å²) >= 11 is 1.53. The Balaban J connectivity index is 2.14. The number of amides is 1. The Hall–Kier alpha value is -2.15. The van der Waals surface area contributed by atoms with E-state index in [-0.39, 0.29) is 11.4 Å². The van der Waals surface area contributed by atoms with E-state index in [4.69, 9.17) is 10.5 Å². The number of primary amides is 1. The van der Waals surface area contributed by atoms with Gasteiger partial charge in [0.15, 0.2) is 0 Å². The monoisotopic (exact) mass is 264 g/mol. The van der Waals surface area contributed by atoms with Gasteiger partial charge < -0.3 is 15.8 Å². The van der Waals surface area contributed by atoms with Crippen LogP contribution in [0.15, 0.2) is 23.2 Å². The van der Waals surface area contributed by atoms with Crippen LogP contribution in [0.1, 0.15) is 16.1 Å². The molecule has 0 fully saturated rings. The summed E-state index contributed by atoms with van der Waals surface area (Å²) in [7, 11) is 1.44. The molecule has 94 valence electrons. The smallest absolute Gasteiger partial charge is 0.254 e. The molecule has 0 aliphatic carbocycles. The van der Waals surface area contributed by atoms with Crippen LogP contribution >= 0.6 is 11.3 Å². The summed E-state index contributed by atoms with van der Waals surface area (Å²) in [5.41, 5.74) is 8.88. The van der Waals surface area contributed by atoms with Crippen LogP contribution in [-0.2, 0) is 6.54 Å². The summed E-state index contributed by atoms with van der Waals surface area (Å²) in [4.78, 5) is 19.4. The molecule has 0 saturated heterocycles. The fourth-order valence-corrected chi connectivity index (χ4v) is 1.96. The van der Waals surface area contributed by atoms with Crippen molar-refractivity contribution >= 4 is 22.9 Å². The minimum atomic E-state index is -0.573. The van der Waals surface area contributed by atoms with Gasteiger partial charge in [0.2, 0.25) is 5.88 Å². The highest BCUT2D eigenvalue weighted by Gasteiger charge is 2.11. The van der Waals surface area contributed by atoms with Gasteiger partial charge in [-0.1, -0.05) is 0 Å². The minimum Gasteiger partial charge on any atom is -0.480 e. The zero-order chi connectivity index (χ0) is 13.0. The van der Waals surface area contributed by atoms with E-state index >= 15 is 0 Å². The Morgan fingerprint density at radius 3 is 3.00 bits per heavy atom. The molecule has 18 heavy (non-hydrogen) atoms. The highest BCUT2D eigenvalue weighted by Crippen LogP contribution is 2.19. The van der Waals surface area contributed by atoms with Crippen molar-refractivity contribution in [2.75, 3.05) is 12.4 Å². The number of rotatable bonds is 5. The van der Waals surface area contributed by atoms with Crippen molar-refractivity contribution in [1.82, 2.24) is 9.97 Å². The van der Waals surface area contributed by atoms with Gasteiger partial charge in [0, 0.05) is 5.38 Å². The van der Waals surface area contributed by atoms with Gasteiger partial charge in [-0.3, -0.25) is 4.79 Å². The number of nitrogens with one attached hydrogen (secondary N) is 1. The molecule has 0 aliphatic rings. The summed E-state index contributed by atoms with van der Waals surface area (Å²) in [5.74, 6) is -0.349. The highest BCUT2D eigenvalue weighted by molar-refractivity contribution is 7.07. The molecule has 0 aliphatic heterocycles. The maximum Gasteiger partial charge on any atom is 0.254 e. The van der Waals surface area contributed by atoms with E-state index in [2.05, 4.69) is 15.3 Å². The Kier molecular flexibility index (Phi) is 3.73. The molecule has 0 aromatic carbocycles. The molecule has 2 rings (SSSR count). The first-order chi connectivity index (χ1) is 8.70. The quantitative estimate of drug-likeness (QED) is 0.848. The van der Waals surface area contributed by atoms with Crippen LogP contribution in [0.5, 0.6) is 5.88 Å². The average molecular weight is 264 g/mol. The number of methoxy groups -OCH3 is 1. The van der Waals surface area contributed by atoms with Crippen molar-refractivity contribution in [1.29, 1.82) is 0 Å². The molecular formula is C11H12N4O2S. The lowest BCUT2D eigenvalue weighted by molar-refractivity contribution is 0.0996. The van der Waals surface area contributed by atoms with E-state index in [9.17, 15) is 4.79 Å². The topological polar surface area (TPSA) is 90.1 Å². The average Bonchev–Trinajstić information content (AvgIpc) is 2.89. The first kappa shape index (κ1) is 12.3. The number of pyridine rings is 1. The van der Waals surface area contributed by atoms with Gasteiger partial charge >= 0.3 is 0 Å². The zero-order valence-electron chi connectivity index (χ0n) is 9.71. The fraction of sp³-hybridized carbons (Fsp3) is 0.182. The third-order valence-electron chi connectivity index (χ3n) is 2.27. The van der Waals surface area contributed by atoms with E-state index in [1.165, 1.54) is 18.4 Å². The molecule has 7 heteroatoms. The molecule has 0 bridgehead atoms. The summed E-state index contributed by atoms with van der Waals surface area (Å²) in [6.45, 7) is 0.565. The predicted molar refractivity (Wildman–Crippen MR) is 68.7 cm³/mol. The van der Waals surface area contributed by atoms with Crippen LogP contribution in [0.25, 0.3) is 0 Å². The van der Waals surface area contributed by atoms with Gasteiger partial charge in [-0.25, -0.2) is 9.97 Å². The Labute approximate surface area is 108 Å². The van der Waals surface area contributed by atoms with Crippen LogP contribution in [0.4, 0.5) is 5.69 Å². The fourth-order valence-electron chi connectivity index (χ4n) is 1.41. The molecular weight excluding hydrogens is 252 g/mol. The summed E-state index contributed by atoms with van der Waals surface area (Å²) in [6, 6.07) is 1.61. The standard InChI is InChI=1S/C11H12N4O2S/c1-17-11-9(10(12)16)2-7(3-14-11)13-4-8-5-18-6-15-8/h2-3,5-6,13H,4H2,1H3,(H2,12,16). The van der Waals surface area contributed by atoms with Crippen molar-refractivity contribution in [3.63, 3.8) is 0 Å². The predicted octanol–water partition coefficient (Wildman–Crippen LogP) is 1.26. The first-order valence-corrected chi connectivity index (χ1v) is 6.09. The largest absolute Gasteiger partial charge is 0.480 e. The second kappa shape index (κ2) is 5.46. The SMILES string of the molecule is COc1ncc(NCc2cscn2)cc1C(N)=O. The minimum absolute atomic E-state index is 0.224. The Bertz CT molecular complexity index is 542. The molecule has 6 nitrogen and oxygen atoms in total. The van der Waals surface area contributed by atoms with Crippen molar-refractivity contribution in [3.8, 4) is 5.88 Å². The third kappa shape index (κ3) is 2.75. The maximum absolute atomic E-state index is 11.2. The van der Waals surface area contributed by atoms with Gasteiger partial charge in [-0.05, 0) is 6.07 Å². The third-order valence-corrected chi connectivity index (χ3v) is 2.90.